The van der Waals surface area contributed by atoms with E-state index in [9.17, 15) is 0 Å². The van der Waals surface area contributed by atoms with Crippen LogP contribution in [-0.2, 0) is 6.42 Å². The van der Waals surface area contributed by atoms with Gasteiger partial charge in [0.25, 0.3) is 0 Å². The monoisotopic (exact) mass is 210 g/mol. The van der Waals surface area contributed by atoms with Gasteiger partial charge in [0.2, 0.25) is 0 Å². The molecule has 0 aromatic heterocycles. The van der Waals surface area contributed by atoms with Crippen LogP contribution in [0.1, 0.15) is 5.56 Å². The quantitative estimate of drug-likeness (QED) is 0.681. The predicted molar refractivity (Wildman–Crippen MR) is 66.0 cm³/mol. The lowest BCUT2D eigenvalue weighted by molar-refractivity contribution is 1.16. The molecule has 0 saturated carbocycles. The van der Waals surface area contributed by atoms with E-state index in [0.717, 1.165) is 0 Å². The van der Waals surface area contributed by atoms with Crippen LogP contribution >= 0.6 is 11.2 Å². The second-order valence-corrected chi connectivity index (χ2v) is 13.7. The fraction of sp³-hybridized carbons (Fsp3) is 0.455. The van der Waals surface area contributed by atoms with Gasteiger partial charge in [-0.2, -0.15) is 11.2 Å². The van der Waals surface area contributed by atoms with E-state index in [1.807, 2.05) is 0 Å². The maximum Gasteiger partial charge on any atom is 0.108 e. The van der Waals surface area contributed by atoms with E-state index in [1.165, 1.54) is 17.7 Å². The van der Waals surface area contributed by atoms with Crippen LogP contribution in [0.25, 0.3) is 0 Å². The van der Waals surface area contributed by atoms with Crippen LogP contribution in [0.2, 0.25) is 19.6 Å². The summed E-state index contributed by atoms with van der Waals surface area (Å²) in [7, 11) is -0.894. The van der Waals surface area contributed by atoms with Crippen LogP contribution < -0.4 is 0 Å². The normalized spacial score (nSPS) is 11.6. The van der Waals surface area contributed by atoms with Crippen molar-refractivity contribution in [3.8, 4) is 0 Å². The van der Waals surface area contributed by atoms with Gasteiger partial charge in [-0.3, -0.25) is 0 Å². The Labute approximate surface area is 86.4 Å². The van der Waals surface area contributed by atoms with Gasteiger partial charge in [0.15, 0.2) is 0 Å². The first-order valence-corrected chi connectivity index (χ1v) is 9.97. The van der Waals surface area contributed by atoms with Gasteiger partial charge in [0.05, 0.1) is 0 Å². The summed E-state index contributed by atoms with van der Waals surface area (Å²) in [5, 5.41) is 0. The molecule has 0 atom stereocenters. The summed E-state index contributed by atoms with van der Waals surface area (Å²) in [5.74, 6) is 1.28. The molecular formula is C11H18SSi. The number of rotatable bonds is 4. The molecule has 72 valence electrons. The van der Waals surface area contributed by atoms with Gasteiger partial charge in [-0.05, 0) is 17.7 Å². The maximum atomic E-state index is 2.41. The fourth-order valence-electron chi connectivity index (χ4n) is 1.12. The van der Waals surface area contributed by atoms with Crippen molar-refractivity contribution in [3.05, 3.63) is 35.9 Å². The highest BCUT2D eigenvalue weighted by molar-refractivity contribution is 8.28. The first kappa shape index (κ1) is 10.9. The zero-order chi connectivity index (χ0) is 9.73. The van der Waals surface area contributed by atoms with Crippen molar-refractivity contribution in [3.63, 3.8) is 0 Å². The Morgan fingerprint density at radius 2 is 1.69 bits per heavy atom. The van der Waals surface area contributed by atoms with Crippen molar-refractivity contribution in [2.75, 3.05) is 5.75 Å². The molecule has 0 aliphatic carbocycles. The van der Waals surface area contributed by atoms with E-state index >= 15 is 0 Å². The first-order valence-electron chi connectivity index (χ1n) is 4.76. The summed E-state index contributed by atoms with van der Waals surface area (Å²) in [6.45, 7) is 7.22. The largest absolute Gasteiger partial charge is 0.186 e. The maximum absolute atomic E-state index is 2.41. The molecule has 0 unspecified atom stereocenters. The van der Waals surface area contributed by atoms with Crippen molar-refractivity contribution in [1.82, 2.24) is 0 Å². The molecule has 0 N–H and O–H groups in total. The van der Waals surface area contributed by atoms with Crippen molar-refractivity contribution in [2.45, 2.75) is 26.1 Å². The summed E-state index contributed by atoms with van der Waals surface area (Å²) in [4.78, 5) is 0. The molecule has 0 radical (unpaired) electrons. The number of aryl methyl sites for hydroxylation is 1. The highest BCUT2D eigenvalue weighted by Gasteiger charge is 2.12. The summed E-state index contributed by atoms with van der Waals surface area (Å²) < 4.78 is 0. The van der Waals surface area contributed by atoms with Gasteiger partial charge >= 0.3 is 0 Å². The molecule has 0 heterocycles. The Balaban J connectivity index is 2.29. The fourth-order valence-corrected chi connectivity index (χ4v) is 4.21. The lowest BCUT2D eigenvalue weighted by Gasteiger charge is -2.14. The highest BCUT2D eigenvalue weighted by Crippen LogP contribution is 2.20. The summed E-state index contributed by atoms with van der Waals surface area (Å²) in [6, 6.07) is 10.7. The number of hydrogen-bond acceptors (Lipinski definition) is 1. The number of benzene rings is 1. The average Bonchev–Trinajstić information content (AvgIpc) is 2.04. The van der Waals surface area contributed by atoms with Crippen LogP contribution in [0, 0.1) is 0 Å². The molecule has 1 aromatic rings. The third-order valence-corrected chi connectivity index (χ3v) is 6.25. The summed E-state index contributed by atoms with van der Waals surface area (Å²) in [6.07, 6.45) is 1.22. The average molecular weight is 210 g/mol. The van der Waals surface area contributed by atoms with E-state index in [-0.39, 0.29) is 0 Å². The Morgan fingerprint density at radius 1 is 1.08 bits per heavy atom. The Bertz CT molecular complexity index is 238. The van der Waals surface area contributed by atoms with Crippen molar-refractivity contribution in [1.29, 1.82) is 0 Å². The molecule has 0 bridgehead atoms. The molecule has 0 aliphatic heterocycles. The molecule has 0 aliphatic rings. The van der Waals surface area contributed by atoms with E-state index in [1.54, 1.807) is 0 Å². The second-order valence-electron chi connectivity index (χ2n) is 4.20. The summed E-state index contributed by atoms with van der Waals surface area (Å²) >= 11 is 2.17. The zero-order valence-corrected chi connectivity index (χ0v) is 10.5. The smallest absolute Gasteiger partial charge is 0.108 e. The molecule has 0 saturated heterocycles. The van der Waals surface area contributed by atoms with Crippen molar-refractivity contribution < 1.29 is 0 Å². The Kier molecular flexibility index (Phi) is 4.07. The van der Waals surface area contributed by atoms with E-state index in [4.69, 9.17) is 0 Å². The van der Waals surface area contributed by atoms with E-state index in [2.05, 4.69) is 61.2 Å². The second kappa shape index (κ2) is 4.87. The van der Waals surface area contributed by atoms with Crippen LogP contribution in [0.4, 0.5) is 0 Å². The van der Waals surface area contributed by atoms with Crippen molar-refractivity contribution in [2.24, 2.45) is 0 Å². The predicted octanol–water partition coefficient (Wildman–Crippen LogP) is 3.80. The van der Waals surface area contributed by atoms with E-state index < -0.39 is 7.22 Å². The summed E-state index contributed by atoms with van der Waals surface area (Å²) in [5.41, 5.74) is 1.47. The molecule has 1 aromatic carbocycles. The van der Waals surface area contributed by atoms with Gasteiger partial charge in [-0.1, -0.05) is 50.0 Å². The van der Waals surface area contributed by atoms with Crippen molar-refractivity contribution >= 4 is 18.4 Å². The number of hydrogen-bond donors (Lipinski definition) is 0. The first-order chi connectivity index (χ1) is 6.08. The van der Waals surface area contributed by atoms with Gasteiger partial charge in [0.1, 0.15) is 7.22 Å². The van der Waals surface area contributed by atoms with E-state index in [0.29, 0.717) is 0 Å². The zero-order valence-electron chi connectivity index (χ0n) is 8.71. The Hall–Kier alpha value is -0.213. The molecule has 1 rings (SSSR count). The highest BCUT2D eigenvalue weighted by atomic mass is 32.4. The minimum Gasteiger partial charge on any atom is -0.186 e. The SMILES string of the molecule is C[Si](C)(C)SCCc1ccccc1. The van der Waals surface area contributed by atoms with Crippen LogP contribution in [0.15, 0.2) is 30.3 Å². The van der Waals surface area contributed by atoms with Crippen LogP contribution in [-0.4, -0.2) is 13.0 Å². The third-order valence-electron chi connectivity index (χ3n) is 1.77. The minimum atomic E-state index is -0.894. The lowest BCUT2D eigenvalue weighted by atomic mass is 10.2. The molecule has 0 fully saturated rings. The van der Waals surface area contributed by atoms with Gasteiger partial charge < -0.3 is 0 Å². The van der Waals surface area contributed by atoms with Gasteiger partial charge in [-0.25, -0.2) is 0 Å². The topological polar surface area (TPSA) is 0 Å². The minimum absolute atomic E-state index is 0.894. The van der Waals surface area contributed by atoms with Gasteiger partial charge in [-0.15, -0.1) is 0 Å². The molecule has 0 amide bonds. The molecule has 13 heavy (non-hydrogen) atoms. The standard InChI is InChI=1S/C11H18SSi/c1-13(2,3)12-10-9-11-7-5-4-6-8-11/h4-8H,9-10H2,1-3H3. The third kappa shape index (κ3) is 5.16. The molecule has 2 heteroatoms. The molecule has 0 spiro atoms. The Morgan fingerprint density at radius 3 is 2.23 bits per heavy atom. The molecular weight excluding hydrogens is 192 g/mol. The molecule has 0 nitrogen and oxygen atoms in total. The van der Waals surface area contributed by atoms with Crippen LogP contribution in [0.5, 0.6) is 0 Å². The van der Waals surface area contributed by atoms with Crippen LogP contribution in [0.3, 0.4) is 0 Å². The lowest BCUT2D eigenvalue weighted by Crippen LogP contribution is -2.15. The van der Waals surface area contributed by atoms with Gasteiger partial charge in [0, 0.05) is 0 Å².